The fourth-order valence-electron chi connectivity index (χ4n) is 2.92. The molecule has 0 saturated heterocycles. The molecular formula is C22H28N4O2. The molecule has 0 spiro atoms. The first-order valence-electron chi connectivity index (χ1n) is 9.42. The Hall–Kier alpha value is -2.73. The number of benzene rings is 1. The van der Waals surface area contributed by atoms with E-state index in [4.69, 9.17) is 9.72 Å². The van der Waals surface area contributed by atoms with Crippen molar-refractivity contribution in [3.8, 4) is 11.3 Å². The maximum atomic E-state index is 11.3. The molecule has 2 heterocycles. The van der Waals surface area contributed by atoms with Crippen LogP contribution in [0.5, 0.6) is 0 Å². The summed E-state index contributed by atoms with van der Waals surface area (Å²) in [5.41, 5.74) is 4.63. The quantitative estimate of drug-likeness (QED) is 0.572. The number of rotatable bonds is 8. The van der Waals surface area contributed by atoms with Crippen molar-refractivity contribution in [1.29, 1.82) is 0 Å². The molecule has 148 valence electrons. The molecule has 0 amide bonds. The molecule has 3 aromatic rings. The first-order chi connectivity index (χ1) is 13.2. The Kier molecular flexibility index (Phi) is 5.52. The van der Waals surface area contributed by atoms with Crippen molar-refractivity contribution in [2.24, 2.45) is 5.41 Å². The van der Waals surface area contributed by atoms with Crippen molar-refractivity contribution in [3.05, 3.63) is 42.2 Å². The zero-order valence-corrected chi connectivity index (χ0v) is 17.2. The van der Waals surface area contributed by atoms with Gasteiger partial charge in [-0.1, -0.05) is 26.0 Å². The molecule has 2 N–H and O–H groups in total. The van der Waals surface area contributed by atoms with Gasteiger partial charge in [-0.05, 0) is 38.0 Å². The summed E-state index contributed by atoms with van der Waals surface area (Å²) in [6.07, 6.45) is 5.26. The number of H-pyrrole nitrogens is 1. The molecule has 2 aromatic heterocycles. The summed E-state index contributed by atoms with van der Waals surface area (Å²) < 4.78 is 5.46. The number of aromatic nitrogens is 3. The molecule has 0 saturated carbocycles. The van der Waals surface area contributed by atoms with Crippen molar-refractivity contribution in [2.75, 3.05) is 19.0 Å². The fourth-order valence-corrected chi connectivity index (χ4v) is 2.92. The Morgan fingerprint density at radius 1 is 1.25 bits per heavy atom. The summed E-state index contributed by atoms with van der Waals surface area (Å²) in [6, 6.07) is 8.10. The minimum atomic E-state index is -0.440. The van der Waals surface area contributed by atoms with E-state index in [1.165, 1.54) is 0 Å². The molecule has 0 aliphatic carbocycles. The Labute approximate surface area is 165 Å². The Morgan fingerprint density at radius 2 is 2.04 bits per heavy atom. The number of methoxy groups -OCH3 is 1. The number of hydrogen-bond acceptors (Lipinski definition) is 5. The molecule has 6 heteroatoms. The van der Waals surface area contributed by atoms with Crippen molar-refractivity contribution in [3.63, 3.8) is 0 Å². The third-order valence-electron chi connectivity index (χ3n) is 4.85. The second kappa shape index (κ2) is 7.72. The molecule has 0 bridgehead atoms. The number of anilines is 1. The highest BCUT2D eigenvalue weighted by atomic mass is 16.5. The summed E-state index contributed by atoms with van der Waals surface area (Å²) >= 11 is 0. The van der Waals surface area contributed by atoms with Crippen LogP contribution in [0, 0.1) is 5.41 Å². The maximum absolute atomic E-state index is 11.3. The number of hydrogen-bond donors (Lipinski definition) is 2. The number of aromatic amines is 1. The third-order valence-corrected chi connectivity index (χ3v) is 4.85. The molecular weight excluding hydrogens is 352 g/mol. The first kappa shape index (κ1) is 20.0. The number of aldehydes is 1. The van der Waals surface area contributed by atoms with E-state index in [-0.39, 0.29) is 5.60 Å². The summed E-state index contributed by atoms with van der Waals surface area (Å²) in [5, 5.41) is 3.41. The SMILES string of the molecule is COC(C)(C)CNc1cccc(-c2cnc3[nH]cc(CC(C)(C)C=O)c3n2)c1. The summed E-state index contributed by atoms with van der Waals surface area (Å²) in [7, 11) is 1.71. The van der Waals surface area contributed by atoms with E-state index < -0.39 is 5.41 Å². The Balaban J connectivity index is 1.89. The average molecular weight is 380 g/mol. The molecule has 0 atom stereocenters. The number of nitrogens with one attached hydrogen (secondary N) is 2. The van der Waals surface area contributed by atoms with Crippen LogP contribution in [0.1, 0.15) is 33.3 Å². The highest BCUT2D eigenvalue weighted by Crippen LogP contribution is 2.27. The van der Waals surface area contributed by atoms with Crippen LogP contribution in [0.25, 0.3) is 22.4 Å². The van der Waals surface area contributed by atoms with E-state index in [0.717, 1.165) is 40.0 Å². The lowest BCUT2D eigenvalue weighted by Gasteiger charge is -2.23. The lowest BCUT2D eigenvalue weighted by atomic mass is 9.88. The molecule has 0 fully saturated rings. The molecule has 0 radical (unpaired) electrons. The molecule has 0 aliphatic rings. The first-order valence-corrected chi connectivity index (χ1v) is 9.42. The van der Waals surface area contributed by atoms with Gasteiger partial charge in [-0.2, -0.15) is 0 Å². The second-order valence-corrected chi connectivity index (χ2v) is 8.45. The topological polar surface area (TPSA) is 79.9 Å². The standard InChI is InChI=1S/C22H28N4O2/c1-21(2,14-27)10-16-11-23-20-19(16)26-18(12-24-20)15-7-6-8-17(9-15)25-13-22(3,4)28-5/h6-9,11-12,14,25H,10,13H2,1-5H3,(H,23,24). The fraction of sp³-hybridized carbons (Fsp3) is 0.409. The monoisotopic (exact) mass is 380 g/mol. The highest BCUT2D eigenvalue weighted by Gasteiger charge is 2.20. The highest BCUT2D eigenvalue weighted by molar-refractivity contribution is 5.79. The average Bonchev–Trinajstić information content (AvgIpc) is 3.08. The van der Waals surface area contributed by atoms with Crippen LogP contribution in [0.15, 0.2) is 36.7 Å². The number of ether oxygens (including phenoxy) is 1. The van der Waals surface area contributed by atoms with E-state index in [1.54, 1.807) is 13.3 Å². The Morgan fingerprint density at radius 3 is 2.75 bits per heavy atom. The number of fused-ring (bicyclic) bond motifs is 1. The predicted octanol–water partition coefficient (Wildman–Crippen LogP) is 4.23. The van der Waals surface area contributed by atoms with E-state index in [1.807, 2.05) is 52.1 Å². The molecule has 0 aliphatic heterocycles. The van der Waals surface area contributed by atoms with Crippen molar-refractivity contribution < 1.29 is 9.53 Å². The zero-order valence-electron chi connectivity index (χ0n) is 17.2. The van der Waals surface area contributed by atoms with Gasteiger partial charge in [-0.3, -0.25) is 0 Å². The summed E-state index contributed by atoms with van der Waals surface area (Å²) in [6.45, 7) is 8.62. The van der Waals surface area contributed by atoms with Crippen LogP contribution in [-0.2, 0) is 16.0 Å². The molecule has 1 aromatic carbocycles. The van der Waals surface area contributed by atoms with Gasteiger partial charge in [0.05, 0.1) is 17.5 Å². The normalized spacial score (nSPS) is 12.3. The van der Waals surface area contributed by atoms with Gasteiger partial charge >= 0.3 is 0 Å². The van der Waals surface area contributed by atoms with Gasteiger partial charge in [0.2, 0.25) is 0 Å². The third kappa shape index (κ3) is 4.57. The molecule has 28 heavy (non-hydrogen) atoms. The minimum absolute atomic E-state index is 0.250. The largest absolute Gasteiger partial charge is 0.382 e. The van der Waals surface area contributed by atoms with Crippen LogP contribution in [0.4, 0.5) is 5.69 Å². The van der Waals surface area contributed by atoms with Gasteiger partial charge in [0.1, 0.15) is 11.8 Å². The van der Waals surface area contributed by atoms with E-state index in [9.17, 15) is 4.79 Å². The predicted molar refractivity (Wildman–Crippen MR) is 112 cm³/mol. The van der Waals surface area contributed by atoms with Crippen LogP contribution >= 0.6 is 0 Å². The van der Waals surface area contributed by atoms with Crippen LogP contribution in [-0.4, -0.2) is 40.5 Å². The number of nitrogens with zero attached hydrogens (tertiary/aromatic N) is 2. The lowest BCUT2D eigenvalue weighted by Crippen LogP contribution is -2.32. The molecule has 3 rings (SSSR count). The van der Waals surface area contributed by atoms with Crippen molar-refractivity contribution >= 4 is 23.1 Å². The second-order valence-electron chi connectivity index (χ2n) is 8.45. The van der Waals surface area contributed by atoms with E-state index >= 15 is 0 Å². The van der Waals surface area contributed by atoms with E-state index in [0.29, 0.717) is 13.0 Å². The summed E-state index contributed by atoms with van der Waals surface area (Å²) in [5.74, 6) is 0. The van der Waals surface area contributed by atoms with Gasteiger partial charge in [-0.25, -0.2) is 9.97 Å². The van der Waals surface area contributed by atoms with Gasteiger partial charge in [0.15, 0.2) is 5.65 Å². The van der Waals surface area contributed by atoms with Gasteiger partial charge in [0.25, 0.3) is 0 Å². The zero-order chi connectivity index (χ0) is 20.4. The Bertz CT molecular complexity index is 976. The van der Waals surface area contributed by atoms with Crippen LogP contribution < -0.4 is 5.32 Å². The van der Waals surface area contributed by atoms with Gasteiger partial charge < -0.3 is 19.8 Å². The van der Waals surface area contributed by atoms with Gasteiger partial charge in [0, 0.05) is 36.5 Å². The number of carbonyl (C=O) groups excluding carboxylic acids is 1. The van der Waals surface area contributed by atoms with Crippen LogP contribution in [0.2, 0.25) is 0 Å². The smallest absolute Gasteiger partial charge is 0.156 e. The number of carbonyl (C=O) groups is 1. The van der Waals surface area contributed by atoms with Crippen LogP contribution in [0.3, 0.4) is 0 Å². The summed E-state index contributed by atoms with van der Waals surface area (Å²) in [4.78, 5) is 23.8. The maximum Gasteiger partial charge on any atom is 0.156 e. The molecule has 6 nitrogen and oxygen atoms in total. The van der Waals surface area contributed by atoms with Crippen molar-refractivity contribution in [1.82, 2.24) is 15.0 Å². The molecule has 0 unspecified atom stereocenters. The van der Waals surface area contributed by atoms with Gasteiger partial charge in [-0.15, -0.1) is 0 Å². The van der Waals surface area contributed by atoms with Crippen molar-refractivity contribution in [2.45, 2.75) is 39.7 Å². The van der Waals surface area contributed by atoms with E-state index in [2.05, 4.69) is 21.4 Å². The minimum Gasteiger partial charge on any atom is -0.382 e. The lowest BCUT2D eigenvalue weighted by molar-refractivity contribution is -0.114.